The summed E-state index contributed by atoms with van der Waals surface area (Å²) in [4.78, 5) is 27.5. The zero-order valence-corrected chi connectivity index (χ0v) is 45.6. The summed E-state index contributed by atoms with van der Waals surface area (Å²) in [5.41, 5.74) is -2.37. The Morgan fingerprint density at radius 3 is 1.76 bits per heavy atom. The fourth-order valence-electron chi connectivity index (χ4n) is 16.4. The molecule has 452 valence electrons. The number of ether oxygens (including phenoxy) is 8. The third kappa shape index (κ3) is 10.1. The van der Waals surface area contributed by atoms with E-state index in [9.17, 15) is 81.4 Å². The smallest absolute Gasteiger partial charge is 0.335 e. The summed E-state index contributed by atoms with van der Waals surface area (Å²) in [5.74, 6) is -2.71. The molecule has 0 aromatic rings. The van der Waals surface area contributed by atoms with Crippen LogP contribution in [0, 0.1) is 50.2 Å². The highest BCUT2D eigenvalue weighted by atomic mass is 16.8. The average molecular weight is 1140 g/mol. The van der Waals surface area contributed by atoms with Gasteiger partial charge in [-0.2, -0.15) is 0 Å². The fraction of sp³-hybridized carbons (Fsp3) is 0.926. The highest BCUT2D eigenvalue weighted by molar-refractivity contribution is 5.79. The molecular weight excluding hydrogens is 1050 g/mol. The molecule has 0 bridgehead atoms. The number of carboxylic acid groups (broad SMARTS) is 1. The summed E-state index contributed by atoms with van der Waals surface area (Å²) in [6.45, 7) is 10.6. The molecule has 8 fully saturated rings. The first-order valence-electron chi connectivity index (χ1n) is 28.0. The summed E-state index contributed by atoms with van der Waals surface area (Å²) in [6.07, 6.45) is -28.0. The van der Waals surface area contributed by atoms with Gasteiger partial charge in [0, 0.05) is 5.41 Å². The molecule has 9 rings (SSSR count). The summed E-state index contributed by atoms with van der Waals surface area (Å²) in [7, 11) is 0. The Balaban J connectivity index is 0.947. The number of carbonyl (C=O) groups excluding carboxylic acids is 1. The second-order valence-corrected chi connectivity index (χ2v) is 26.2. The lowest BCUT2D eigenvalue weighted by atomic mass is 9.33. The standard InChI is InChI=1S/C54H86O25/c1-49(2)13-15-54(48(71)79-46-40(68)35(63)32(60)26(75-46)20-72-44-38(66)33(61)30(58)24(18-55)73-44)16-14-52(5)22(23(54)17-49)7-8-28-50(3)11-10-29(51(4,21-57)27(50)9-12-53(28,52)6)76-47-42(37(65)36(64)41(77-47)43(69)70)78-45-39(67)34(62)31(59)25(19-56)74-45/h7,23-42,44-47,55-68H,8-21H2,1-6H3,(H,69,70). The lowest BCUT2D eigenvalue weighted by molar-refractivity contribution is -0.375. The van der Waals surface area contributed by atoms with Gasteiger partial charge in [0.1, 0.15) is 91.6 Å². The van der Waals surface area contributed by atoms with Crippen molar-refractivity contribution in [3.8, 4) is 0 Å². The second kappa shape index (κ2) is 22.4. The SMILES string of the molecule is CC1(C)CCC2(C(=O)OC3OC(COC4OC(CO)C(O)C(O)C4O)C(O)C(O)C3O)CCC3(C)C(=CCC4C5(C)CCC(OC6OC(C(=O)O)C(O)C(O)C6OC6OC(CO)C(O)C(O)C6O)C(C)(CO)C5CCC43C)C2C1. The topological polar surface area (TPSA) is 411 Å². The number of hydrogen-bond acceptors (Lipinski definition) is 24. The van der Waals surface area contributed by atoms with Gasteiger partial charge in [0.05, 0.1) is 37.9 Å². The number of carboxylic acids is 1. The van der Waals surface area contributed by atoms with Crippen LogP contribution < -0.4 is 0 Å². The van der Waals surface area contributed by atoms with E-state index < -0.39 is 182 Å². The molecule has 0 amide bonds. The Labute approximate surface area is 457 Å². The van der Waals surface area contributed by atoms with E-state index in [1.165, 1.54) is 0 Å². The largest absolute Gasteiger partial charge is 0.479 e. The third-order valence-electron chi connectivity index (χ3n) is 21.5. The van der Waals surface area contributed by atoms with Crippen molar-refractivity contribution in [2.75, 3.05) is 26.4 Å². The summed E-state index contributed by atoms with van der Waals surface area (Å²) in [5, 5.41) is 159. The van der Waals surface area contributed by atoms with E-state index in [-0.39, 0.29) is 35.2 Å². The first-order valence-corrected chi connectivity index (χ1v) is 28.0. The Morgan fingerprint density at radius 2 is 1.15 bits per heavy atom. The van der Waals surface area contributed by atoms with Crippen LogP contribution in [0.2, 0.25) is 0 Å². The maximum absolute atomic E-state index is 15.1. The van der Waals surface area contributed by atoms with Crippen LogP contribution in [0.1, 0.15) is 106 Å². The van der Waals surface area contributed by atoms with Crippen LogP contribution in [-0.2, 0) is 47.5 Å². The normalized spacial score (nSPS) is 53.5. The van der Waals surface area contributed by atoms with E-state index in [0.717, 1.165) is 5.57 Å². The number of aliphatic hydroxyl groups is 14. The van der Waals surface area contributed by atoms with Gasteiger partial charge < -0.3 is 114 Å². The van der Waals surface area contributed by atoms with Crippen molar-refractivity contribution in [2.45, 2.75) is 235 Å². The van der Waals surface area contributed by atoms with Gasteiger partial charge in [-0.3, -0.25) is 4.79 Å². The minimum atomic E-state index is -2.05. The van der Waals surface area contributed by atoms with Gasteiger partial charge in [-0.05, 0) is 104 Å². The summed E-state index contributed by atoms with van der Waals surface area (Å²) >= 11 is 0. The van der Waals surface area contributed by atoms with E-state index in [2.05, 4.69) is 40.7 Å². The molecule has 4 saturated heterocycles. The van der Waals surface area contributed by atoms with Crippen LogP contribution in [0.5, 0.6) is 0 Å². The Hall–Kier alpha value is -2.16. The van der Waals surface area contributed by atoms with Gasteiger partial charge in [-0.25, -0.2) is 4.79 Å². The van der Waals surface area contributed by atoms with Crippen LogP contribution in [0.4, 0.5) is 0 Å². The molecule has 79 heavy (non-hydrogen) atoms. The first-order chi connectivity index (χ1) is 37.0. The molecule has 29 unspecified atom stereocenters. The zero-order valence-electron chi connectivity index (χ0n) is 45.6. The van der Waals surface area contributed by atoms with Crippen molar-refractivity contribution in [1.82, 2.24) is 0 Å². The van der Waals surface area contributed by atoms with Gasteiger partial charge in [-0.15, -0.1) is 0 Å². The number of aliphatic carboxylic acids is 1. The highest BCUT2D eigenvalue weighted by Crippen LogP contribution is 2.76. The zero-order chi connectivity index (χ0) is 57.9. The van der Waals surface area contributed by atoms with Gasteiger partial charge >= 0.3 is 11.9 Å². The lowest BCUT2D eigenvalue weighted by Gasteiger charge is -2.71. The Kier molecular flexibility index (Phi) is 17.4. The molecular formula is C54H86O25. The number of allylic oxidation sites excluding steroid dienone is 2. The predicted octanol–water partition coefficient (Wildman–Crippen LogP) is -2.97. The number of hydrogen-bond donors (Lipinski definition) is 15. The maximum atomic E-state index is 15.1. The van der Waals surface area contributed by atoms with Crippen LogP contribution in [0.25, 0.3) is 0 Å². The number of aliphatic hydroxyl groups excluding tert-OH is 14. The van der Waals surface area contributed by atoms with Gasteiger partial charge in [0.25, 0.3) is 0 Å². The van der Waals surface area contributed by atoms with Crippen LogP contribution in [0.15, 0.2) is 11.6 Å². The molecule has 4 saturated carbocycles. The lowest BCUT2D eigenvalue weighted by Crippen LogP contribution is -2.68. The van der Waals surface area contributed by atoms with Crippen LogP contribution in [-0.4, -0.2) is 244 Å². The molecule has 15 N–H and O–H groups in total. The fourth-order valence-corrected chi connectivity index (χ4v) is 16.4. The minimum Gasteiger partial charge on any atom is -0.479 e. The maximum Gasteiger partial charge on any atom is 0.335 e. The van der Waals surface area contributed by atoms with Crippen molar-refractivity contribution in [2.24, 2.45) is 50.2 Å². The van der Waals surface area contributed by atoms with E-state index in [1.54, 1.807) is 0 Å². The molecule has 4 aliphatic heterocycles. The molecule has 5 aliphatic carbocycles. The first kappa shape index (κ1) is 61.4. The Bertz CT molecular complexity index is 2220. The molecule has 9 aliphatic rings. The van der Waals surface area contributed by atoms with E-state index in [4.69, 9.17) is 37.9 Å². The molecule has 25 heteroatoms. The van der Waals surface area contributed by atoms with Crippen molar-refractivity contribution in [3.63, 3.8) is 0 Å². The number of rotatable bonds is 13. The number of fused-ring (bicyclic) bond motifs is 7. The molecule has 29 atom stereocenters. The molecule has 4 heterocycles. The molecule has 25 nitrogen and oxygen atoms in total. The molecule has 0 aromatic carbocycles. The molecule has 0 radical (unpaired) electrons. The van der Waals surface area contributed by atoms with Crippen molar-refractivity contribution < 1.29 is 124 Å². The van der Waals surface area contributed by atoms with E-state index in [1.807, 2.05) is 6.92 Å². The second-order valence-electron chi connectivity index (χ2n) is 26.2. The minimum absolute atomic E-state index is 0.0396. The summed E-state index contributed by atoms with van der Waals surface area (Å²) in [6, 6.07) is 0. The monoisotopic (exact) mass is 1130 g/mol. The quantitative estimate of drug-likeness (QED) is 0.0497. The van der Waals surface area contributed by atoms with Crippen LogP contribution in [0.3, 0.4) is 0 Å². The average Bonchev–Trinajstić information content (AvgIpc) is 3.10. The van der Waals surface area contributed by atoms with E-state index in [0.29, 0.717) is 64.2 Å². The van der Waals surface area contributed by atoms with Crippen molar-refractivity contribution in [3.05, 3.63) is 11.6 Å². The highest BCUT2D eigenvalue weighted by Gasteiger charge is 2.71. The van der Waals surface area contributed by atoms with Gasteiger partial charge in [0.2, 0.25) is 6.29 Å². The molecule has 0 aromatic heterocycles. The predicted molar refractivity (Wildman–Crippen MR) is 265 cm³/mol. The van der Waals surface area contributed by atoms with Crippen molar-refractivity contribution >= 4 is 11.9 Å². The van der Waals surface area contributed by atoms with Gasteiger partial charge in [-0.1, -0.05) is 53.2 Å². The number of esters is 1. The summed E-state index contributed by atoms with van der Waals surface area (Å²) < 4.78 is 47.1. The van der Waals surface area contributed by atoms with Gasteiger partial charge in [0.15, 0.2) is 25.0 Å². The van der Waals surface area contributed by atoms with Crippen molar-refractivity contribution in [1.29, 1.82) is 0 Å². The third-order valence-corrected chi connectivity index (χ3v) is 21.5. The van der Waals surface area contributed by atoms with E-state index >= 15 is 4.79 Å². The molecule has 0 spiro atoms. The Morgan fingerprint density at radius 1 is 0.582 bits per heavy atom. The number of carbonyl (C=O) groups is 2. The van der Waals surface area contributed by atoms with Crippen LogP contribution >= 0.6 is 0 Å².